The van der Waals surface area contributed by atoms with Gasteiger partial charge in [0.1, 0.15) is 16.3 Å². The molecular weight excluding hydrogens is 442 g/mol. The van der Waals surface area contributed by atoms with Gasteiger partial charge in [-0.2, -0.15) is 0 Å². The van der Waals surface area contributed by atoms with E-state index in [1.54, 1.807) is 39.3 Å². The van der Waals surface area contributed by atoms with Crippen LogP contribution in [0.4, 0.5) is 5.00 Å². The fourth-order valence-electron chi connectivity index (χ4n) is 3.39. The Balaban J connectivity index is 1.93. The van der Waals surface area contributed by atoms with Gasteiger partial charge in [0.05, 0.1) is 20.8 Å². The molecule has 0 aliphatic heterocycles. The molecule has 174 valence electrons. The maximum Gasteiger partial charge on any atom is 0.341 e. The molecule has 0 aliphatic rings. The zero-order valence-electron chi connectivity index (χ0n) is 19.3. The van der Waals surface area contributed by atoms with Gasteiger partial charge in [-0.05, 0) is 50.1 Å². The van der Waals surface area contributed by atoms with Gasteiger partial charge in [-0.15, -0.1) is 11.3 Å². The van der Waals surface area contributed by atoms with E-state index in [2.05, 4.69) is 5.32 Å². The fourth-order valence-corrected chi connectivity index (χ4v) is 4.47. The predicted molar refractivity (Wildman–Crippen MR) is 129 cm³/mol. The molecule has 0 saturated heterocycles. The summed E-state index contributed by atoms with van der Waals surface area (Å²) in [7, 11) is 3.11. The van der Waals surface area contributed by atoms with E-state index in [1.165, 1.54) is 11.3 Å². The van der Waals surface area contributed by atoms with Gasteiger partial charge >= 0.3 is 5.97 Å². The Labute approximate surface area is 197 Å². The third-order valence-corrected chi connectivity index (χ3v) is 5.96. The van der Waals surface area contributed by atoms with Crippen LogP contribution in [0.2, 0.25) is 0 Å². The Morgan fingerprint density at radius 2 is 1.70 bits per heavy atom. The summed E-state index contributed by atoms with van der Waals surface area (Å²) in [6.45, 7) is 5.56. The van der Waals surface area contributed by atoms with E-state index < -0.39 is 5.97 Å². The van der Waals surface area contributed by atoms with Crippen molar-refractivity contribution in [3.63, 3.8) is 0 Å². The lowest BCUT2D eigenvalue weighted by atomic mass is 10.0. The van der Waals surface area contributed by atoms with Crippen molar-refractivity contribution in [1.29, 1.82) is 0 Å². The van der Waals surface area contributed by atoms with E-state index in [9.17, 15) is 9.59 Å². The maximum atomic E-state index is 12.9. The highest BCUT2D eigenvalue weighted by atomic mass is 32.1. The summed E-state index contributed by atoms with van der Waals surface area (Å²) in [4.78, 5) is 26.4. The van der Waals surface area contributed by atoms with Crippen molar-refractivity contribution in [1.82, 2.24) is 0 Å². The number of rotatable bonds is 9. The number of aryl methyl sites for hydroxylation is 2. The topological polar surface area (TPSA) is 83.1 Å². The van der Waals surface area contributed by atoms with Crippen molar-refractivity contribution >= 4 is 28.2 Å². The average molecular weight is 470 g/mol. The second kappa shape index (κ2) is 10.9. The van der Waals surface area contributed by atoms with Crippen molar-refractivity contribution in [3.8, 4) is 28.4 Å². The number of ether oxygens (including phenoxy) is 4. The molecule has 1 heterocycles. The second-order valence-corrected chi connectivity index (χ2v) is 8.35. The quantitative estimate of drug-likeness (QED) is 0.432. The lowest BCUT2D eigenvalue weighted by molar-refractivity contribution is -0.118. The third kappa shape index (κ3) is 5.46. The molecular formula is C25H27NO6S. The van der Waals surface area contributed by atoms with Crippen LogP contribution in [0.3, 0.4) is 0 Å². The number of carbonyl (C=O) groups is 2. The SMILES string of the molecule is CCOC(=O)c1c(NC(=O)COc2ccccc2C)sc(C)c1-c1ccc(OC)c(OC)c1. The predicted octanol–water partition coefficient (Wildman–Crippen LogP) is 5.24. The van der Waals surface area contributed by atoms with Crippen LogP contribution in [-0.2, 0) is 9.53 Å². The molecule has 0 bridgehead atoms. The first kappa shape index (κ1) is 24.1. The molecule has 0 aliphatic carbocycles. The van der Waals surface area contributed by atoms with E-state index >= 15 is 0 Å². The van der Waals surface area contributed by atoms with Crippen LogP contribution in [0.1, 0.15) is 27.7 Å². The summed E-state index contributed by atoms with van der Waals surface area (Å²) in [5, 5.41) is 3.23. The van der Waals surface area contributed by atoms with E-state index in [4.69, 9.17) is 18.9 Å². The van der Waals surface area contributed by atoms with Crippen molar-refractivity contribution in [2.45, 2.75) is 20.8 Å². The highest BCUT2D eigenvalue weighted by Gasteiger charge is 2.26. The maximum absolute atomic E-state index is 12.9. The number of esters is 1. The van der Waals surface area contributed by atoms with Gasteiger partial charge in [0.15, 0.2) is 18.1 Å². The first-order valence-electron chi connectivity index (χ1n) is 10.4. The number of benzene rings is 2. The van der Waals surface area contributed by atoms with Gasteiger partial charge in [0, 0.05) is 10.4 Å². The Kier molecular flexibility index (Phi) is 7.95. The number of carbonyl (C=O) groups excluding carboxylic acids is 2. The fraction of sp³-hybridized carbons (Fsp3) is 0.280. The Morgan fingerprint density at radius 3 is 2.36 bits per heavy atom. The van der Waals surface area contributed by atoms with Crippen LogP contribution in [0.5, 0.6) is 17.2 Å². The molecule has 2 aromatic carbocycles. The molecule has 7 nitrogen and oxygen atoms in total. The number of nitrogens with one attached hydrogen (secondary N) is 1. The van der Waals surface area contributed by atoms with Gasteiger partial charge in [-0.3, -0.25) is 4.79 Å². The zero-order chi connectivity index (χ0) is 24.0. The average Bonchev–Trinajstić information content (AvgIpc) is 3.13. The molecule has 0 saturated carbocycles. The first-order valence-corrected chi connectivity index (χ1v) is 11.2. The minimum atomic E-state index is -0.512. The highest BCUT2D eigenvalue weighted by molar-refractivity contribution is 7.17. The molecule has 3 aromatic rings. The van der Waals surface area contributed by atoms with E-state index in [0.29, 0.717) is 33.4 Å². The minimum Gasteiger partial charge on any atom is -0.493 e. The van der Waals surface area contributed by atoms with Crippen molar-refractivity contribution in [2.24, 2.45) is 0 Å². The lowest BCUT2D eigenvalue weighted by Gasteiger charge is -2.12. The third-order valence-electron chi connectivity index (χ3n) is 4.94. The molecule has 1 N–H and O–H groups in total. The van der Waals surface area contributed by atoms with Crippen molar-refractivity contribution < 1.29 is 28.5 Å². The number of thiophene rings is 1. The number of anilines is 1. The lowest BCUT2D eigenvalue weighted by Crippen LogP contribution is -2.21. The van der Waals surface area contributed by atoms with Gasteiger partial charge in [-0.25, -0.2) is 4.79 Å². The number of para-hydroxylation sites is 1. The Morgan fingerprint density at radius 1 is 0.970 bits per heavy atom. The minimum absolute atomic E-state index is 0.185. The van der Waals surface area contributed by atoms with Crippen LogP contribution in [0.15, 0.2) is 42.5 Å². The largest absolute Gasteiger partial charge is 0.493 e. The summed E-state index contributed by atoms with van der Waals surface area (Å²) in [5.74, 6) is 0.860. The van der Waals surface area contributed by atoms with Gasteiger partial charge in [0.2, 0.25) is 0 Å². The molecule has 0 spiro atoms. The van der Waals surface area contributed by atoms with Crippen molar-refractivity contribution in [2.75, 3.05) is 32.8 Å². The summed E-state index contributed by atoms with van der Waals surface area (Å²) in [6.07, 6.45) is 0. The standard InChI is InChI=1S/C25H27NO6S/c1-6-31-25(28)23-22(17-11-12-19(29-4)20(13-17)30-5)16(3)33-24(23)26-21(27)14-32-18-10-8-7-9-15(18)2/h7-13H,6,14H2,1-5H3,(H,26,27). The van der Waals surface area contributed by atoms with Crippen molar-refractivity contribution in [3.05, 3.63) is 58.5 Å². The summed E-state index contributed by atoms with van der Waals surface area (Å²) in [6, 6.07) is 12.9. The normalized spacial score (nSPS) is 10.5. The highest BCUT2D eigenvalue weighted by Crippen LogP contribution is 2.42. The Bertz CT molecular complexity index is 1150. The number of methoxy groups -OCH3 is 2. The van der Waals surface area contributed by atoms with E-state index in [-0.39, 0.29) is 19.1 Å². The molecule has 3 rings (SSSR count). The monoisotopic (exact) mass is 469 g/mol. The van der Waals surface area contributed by atoms with Crippen LogP contribution in [0.25, 0.3) is 11.1 Å². The molecule has 33 heavy (non-hydrogen) atoms. The van der Waals surface area contributed by atoms with E-state index in [1.807, 2.05) is 38.1 Å². The second-order valence-electron chi connectivity index (χ2n) is 7.13. The van der Waals surface area contributed by atoms with E-state index in [0.717, 1.165) is 16.0 Å². The molecule has 0 atom stereocenters. The van der Waals surface area contributed by atoms with Crippen LogP contribution in [-0.4, -0.2) is 39.3 Å². The van der Waals surface area contributed by atoms with Crippen LogP contribution >= 0.6 is 11.3 Å². The molecule has 1 amide bonds. The zero-order valence-corrected chi connectivity index (χ0v) is 20.1. The summed E-state index contributed by atoms with van der Waals surface area (Å²) < 4.78 is 21.7. The number of hydrogen-bond acceptors (Lipinski definition) is 7. The van der Waals surface area contributed by atoms with Crippen LogP contribution in [0, 0.1) is 13.8 Å². The van der Waals surface area contributed by atoms with Gasteiger partial charge < -0.3 is 24.3 Å². The first-order chi connectivity index (χ1) is 15.9. The molecule has 1 aromatic heterocycles. The number of hydrogen-bond donors (Lipinski definition) is 1. The number of amides is 1. The summed E-state index contributed by atoms with van der Waals surface area (Å²) in [5.41, 5.74) is 2.66. The Hall–Kier alpha value is -3.52. The smallest absolute Gasteiger partial charge is 0.341 e. The molecule has 0 radical (unpaired) electrons. The summed E-state index contributed by atoms with van der Waals surface area (Å²) >= 11 is 1.31. The van der Waals surface area contributed by atoms with Gasteiger partial charge in [-0.1, -0.05) is 24.3 Å². The molecule has 8 heteroatoms. The molecule has 0 fully saturated rings. The van der Waals surface area contributed by atoms with Crippen LogP contribution < -0.4 is 19.5 Å². The van der Waals surface area contributed by atoms with Gasteiger partial charge in [0.25, 0.3) is 5.91 Å². The molecule has 0 unspecified atom stereocenters.